The predicted molar refractivity (Wildman–Crippen MR) is 202 cm³/mol. The molecule has 0 radical (unpaired) electrons. The SMILES string of the molecule is CCCC(OC(=O)N1C[C@H](C)N(c2nc(=O)n(-c3c(C(C)C)nc(C)nc3C(C)C)c3nc(-c4ccccc4F)c(Cl)cc23)C[C@H]1C)C(C)(C)C. The van der Waals surface area contributed by atoms with Crippen molar-refractivity contribution in [3.05, 3.63) is 68.9 Å². The number of pyridine rings is 1. The van der Waals surface area contributed by atoms with E-state index in [1.54, 1.807) is 29.2 Å². The Morgan fingerprint density at radius 1 is 1.00 bits per heavy atom. The van der Waals surface area contributed by atoms with Crippen LogP contribution in [-0.2, 0) is 4.74 Å². The van der Waals surface area contributed by atoms with Crippen molar-refractivity contribution < 1.29 is 13.9 Å². The summed E-state index contributed by atoms with van der Waals surface area (Å²) in [5, 5.41) is 0.719. The molecule has 5 rings (SSSR count). The van der Waals surface area contributed by atoms with Crippen LogP contribution in [0.25, 0.3) is 28.0 Å². The van der Waals surface area contributed by atoms with Crippen molar-refractivity contribution in [2.75, 3.05) is 18.0 Å². The molecule has 0 N–H and O–H groups in total. The molecule has 0 bridgehead atoms. The zero-order valence-electron chi connectivity index (χ0n) is 31.7. The highest BCUT2D eigenvalue weighted by Crippen LogP contribution is 2.38. The summed E-state index contributed by atoms with van der Waals surface area (Å²) >= 11 is 6.93. The summed E-state index contributed by atoms with van der Waals surface area (Å²) in [4.78, 5) is 51.1. The lowest BCUT2D eigenvalue weighted by Gasteiger charge is -2.45. The van der Waals surface area contributed by atoms with Crippen LogP contribution in [0.5, 0.6) is 0 Å². The molecular formula is C39H51ClFN7O3. The van der Waals surface area contributed by atoms with E-state index < -0.39 is 11.5 Å². The molecule has 4 aromatic rings. The van der Waals surface area contributed by atoms with Crippen molar-refractivity contribution >= 4 is 34.5 Å². The van der Waals surface area contributed by atoms with Crippen LogP contribution < -0.4 is 10.6 Å². The Labute approximate surface area is 305 Å². The molecule has 0 aliphatic carbocycles. The van der Waals surface area contributed by atoms with Gasteiger partial charge in [0.2, 0.25) is 0 Å². The minimum Gasteiger partial charge on any atom is -0.446 e. The fraction of sp³-hybridized carbons (Fsp3) is 0.538. The van der Waals surface area contributed by atoms with Gasteiger partial charge >= 0.3 is 11.8 Å². The number of nitrogens with zero attached hydrogens (tertiary/aromatic N) is 7. The molecular weight excluding hydrogens is 669 g/mol. The van der Waals surface area contributed by atoms with Gasteiger partial charge in [-0.15, -0.1) is 0 Å². The van der Waals surface area contributed by atoms with Crippen molar-refractivity contribution in [3.63, 3.8) is 0 Å². The largest absolute Gasteiger partial charge is 0.446 e. The van der Waals surface area contributed by atoms with Gasteiger partial charge < -0.3 is 14.5 Å². The van der Waals surface area contributed by atoms with E-state index in [4.69, 9.17) is 36.3 Å². The van der Waals surface area contributed by atoms with Gasteiger partial charge in [-0.05, 0) is 62.6 Å². The fourth-order valence-corrected chi connectivity index (χ4v) is 7.06. The smallest absolute Gasteiger partial charge is 0.410 e. The number of rotatable bonds is 8. The second kappa shape index (κ2) is 14.9. The molecule has 0 spiro atoms. The molecule has 1 aliphatic heterocycles. The summed E-state index contributed by atoms with van der Waals surface area (Å²) in [5.41, 5.74) is 1.78. The number of aromatic nitrogens is 5. The summed E-state index contributed by atoms with van der Waals surface area (Å²) in [7, 11) is 0. The molecule has 1 aliphatic rings. The van der Waals surface area contributed by atoms with Crippen LogP contribution >= 0.6 is 11.6 Å². The first-order chi connectivity index (χ1) is 23.9. The number of benzene rings is 1. The first kappa shape index (κ1) is 38.1. The Morgan fingerprint density at radius 3 is 2.20 bits per heavy atom. The average molecular weight is 720 g/mol. The summed E-state index contributed by atoms with van der Waals surface area (Å²) in [6, 6.07) is 7.48. The highest BCUT2D eigenvalue weighted by Gasteiger charge is 2.38. The van der Waals surface area contributed by atoms with E-state index in [0.29, 0.717) is 47.2 Å². The van der Waals surface area contributed by atoms with Gasteiger partial charge in [0, 0.05) is 30.7 Å². The number of ether oxygens (including phenoxy) is 1. The summed E-state index contributed by atoms with van der Waals surface area (Å²) in [5.74, 6) is 0.360. The van der Waals surface area contributed by atoms with E-state index >= 15 is 4.39 Å². The summed E-state index contributed by atoms with van der Waals surface area (Å²) < 4.78 is 22.8. The molecule has 274 valence electrons. The van der Waals surface area contributed by atoms with Crippen molar-refractivity contribution in [2.45, 2.75) is 119 Å². The van der Waals surface area contributed by atoms with Crippen molar-refractivity contribution in [3.8, 4) is 16.9 Å². The second-order valence-electron chi connectivity index (χ2n) is 15.5. The highest BCUT2D eigenvalue weighted by atomic mass is 35.5. The number of aryl methyl sites for hydroxylation is 1. The molecule has 10 nitrogen and oxygen atoms in total. The molecule has 0 saturated carbocycles. The lowest BCUT2D eigenvalue weighted by atomic mass is 9.86. The Bertz CT molecular complexity index is 1960. The molecule has 1 saturated heterocycles. The Kier molecular flexibility index (Phi) is 11.1. The van der Waals surface area contributed by atoms with E-state index in [-0.39, 0.29) is 63.5 Å². The average Bonchev–Trinajstić information content (AvgIpc) is 3.04. The first-order valence-electron chi connectivity index (χ1n) is 17.9. The number of amides is 1. The maximum atomic E-state index is 15.2. The van der Waals surface area contributed by atoms with E-state index in [1.807, 2.05) is 53.4 Å². The Balaban J connectivity index is 1.71. The van der Waals surface area contributed by atoms with Crippen LogP contribution in [-0.4, -0.2) is 66.8 Å². The lowest BCUT2D eigenvalue weighted by Crippen LogP contribution is -2.59. The Hall–Kier alpha value is -4.12. The van der Waals surface area contributed by atoms with Crippen LogP contribution in [0.3, 0.4) is 0 Å². The van der Waals surface area contributed by atoms with Crippen LogP contribution in [0, 0.1) is 18.2 Å². The van der Waals surface area contributed by atoms with E-state index in [1.165, 1.54) is 10.6 Å². The highest BCUT2D eigenvalue weighted by molar-refractivity contribution is 6.33. The topological polar surface area (TPSA) is 106 Å². The molecule has 3 aromatic heterocycles. The number of carbonyl (C=O) groups excluding carboxylic acids is 1. The zero-order valence-corrected chi connectivity index (χ0v) is 32.5. The number of anilines is 1. The number of hydrogen-bond acceptors (Lipinski definition) is 8. The minimum absolute atomic E-state index is 0.0666. The van der Waals surface area contributed by atoms with Gasteiger partial charge in [0.15, 0.2) is 5.65 Å². The fourth-order valence-electron chi connectivity index (χ4n) is 6.81. The maximum absolute atomic E-state index is 15.2. The number of carbonyl (C=O) groups is 1. The van der Waals surface area contributed by atoms with Gasteiger partial charge in [-0.2, -0.15) is 4.98 Å². The molecule has 51 heavy (non-hydrogen) atoms. The summed E-state index contributed by atoms with van der Waals surface area (Å²) in [6.07, 6.45) is 1.11. The monoisotopic (exact) mass is 719 g/mol. The van der Waals surface area contributed by atoms with Crippen molar-refractivity contribution in [1.82, 2.24) is 29.4 Å². The van der Waals surface area contributed by atoms with E-state index in [2.05, 4.69) is 27.7 Å². The van der Waals surface area contributed by atoms with Gasteiger partial charge in [-0.25, -0.2) is 33.5 Å². The quantitative estimate of drug-likeness (QED) is 0.178. The Morgan fingerprint density at radius 2 is 1.63 bits per heavy atom. The number of halogens is 2. The molecule has 1 unspecified atom stereocenters. The van der Waals surface area contributed by atoms with Crippen LogP contribution in [0.4, 0.5) is 15.0 Å². The van der Waals surface area contributed by atoms with Gasteiger partial charge in [-0.1, -0.05) is 85.5 Å². The maximum Gasteiger partial charge on any atom is 0.410 e. The van der Waals surface area contributed by atoms with Gasteiger partial charge in [-0.3, -0.25) is 0 Å². The van der Waals surface area contributed by atoms with Gasteiger partial charge in [0.05, 0.1) is 33.2 Å². The third-order valence-corrected chi connectivity index (χ3v) is 9.84. The van der Waals surface area contributed by atoms with Crippen LogP contribution in [0.15, 0.2) is 35.1 Å². The normalized spacial score (nSPS) is 17.5. The third-order valence-electron chi connectivity index (χ3n) is 9.55. The number of hydrogen-bond donors (Lipinski definition) is 0. The molecule has 1 fully saturated rings. The summed E-state index contributed by atoms with van der Waals surface area (Å²) in [6.45, 7) is 22.9. The standard InChI is InChI=1S/C39H51ClFN7O3/c1-12-15-30(39(9,10)11)51-38(50)47-20-23(6)46(19-24(47)7)35-27-18-28(40)33(26-16-13-14-17-29(26)41)44-36(27)48(37(49)45-35)34-31(21(2)3)42-25(8)43-32(34)22(4)5/h13-14,16-18,21-24,30H,12,15,19-20H2,1-11H3/t23-,24+,30?/m0/s1. The van der Waals surface area contributed by atoms with Gasteiger partial charge in [0.25, 0.3) is 0 Å². The zero-order chi connectivity index (χ0) is 37.5. The van der Waals surface area contributed by atoms with Crippen molar-refractivity contribution in [1.29, 1.82) is 0 Å². The molecule has 3 atom stereocenters. The lowest BCUT2D eigenvalue weighted by molar-refractivity contribution is -0.00385. The molecule has 4 heterocycles. The minimum atomic E-state index is -0.572. The van der Waals surface area contributed by atoms with Crippen LogP contribution in [0.2, 0.25) is 5.02 Å². The third kappa shape index (κ3) is 7.59. The van der Waals surface area contributed by atoms with E-state index in [9.17, 15) is 9.59 Å². The molecule has 1 amide bonds. The number of fused-ring (bicyclic) bond motifs is 1. The van der Waals surface area contributed by atoms with E-state index in [0.717, 1.165) is 12.8 Å². The second-order valence-corrected chi connectivity index (χ2v) is 15.9. The molecule has 12 heteroatoms. The van der Waals surface area contributed by atoms with Gasteiger partial charge in [0.1, 0.15) is 23.6 Å². The van der Waals surface area contributed by atoms with Crippen LogP contribution in [0.1, 0.15) is 111 Å². The first-order valence-corrected chi connectivity index (χ1v) is 18.3. The number of piperazine rings is 1. The van der Waals surface area contributed by atoms with Crippen molar-refractivity contribution in [2.24, 2.45) is 5.41 Å². The predicted octanol–water partition coefficient (Wildman–Crippen LogP) is 8.84. The molecule has 1 aromatic carbocycles.